The van der Waals surface area contributed by atoms with Crippen molar-refractivity contribution < 1.29 is 15.0 Å². The largest absolute Gasteiger partial charge is 0.394 e. The first-order chi connectivity index (χ1) is 22.2. The predicted molar refractivity (Wildman–Crippen MR) is 197 cm³/mol. The number of aliphatic hydroxyl groups excluding tert-OH is 2. The molecule has 4 heteroatoms. The summed E-state index contributed by atoms with van der Waals surface area (Å²) in [6.45, 7) is 4.23. The molecule has 0 aliphatic rings. The van der Waals surface area contributed by atoms with Crippen LogP contribution in [0.5, 0.6) is 0 Å². The van der Waals surface area contributed by atoms with Gasteiger partial charge in [-0.1, -0.05) is 157 Å². The van der Waals surface area contributed by atoms with Crippen LogP contribution in [0.1, 0.15) is 162 Å². The fourth-order valence-electron chi connectivity index (χ4n) is 5.01. The first-order valence-corrected chi connectivity index (χ1v) is 18.7. The summed E-state index contributed by atoms with van der Waals surface area (Å²) in [6, 6.07) is -0.669. The summed E-state index contributed by atoms with van der Waals surface area (Å²) in [4.78, 5) is 12.3. The van der Waals surface area contributed by atoms with Gasteiger partial charge in [0.2, 0.25) is 5.91 Å². The van der Waals surface area contributed by atoms with Gasteiger partial charge in [-0.05, 0) is 70.6 Å². The molecule has 0 rings (SSSR count). The molecule has 0 aliphatic carbocycles. The fraction of sp³-hybridized carbons (Fsp3) is 0.683. The van der Waals surface area contributed by atoms with Crippen LogP contribution in [0.2, 0.25) is 0 Å². The molecule has 258 valence electrons. The van der Waals surface area contributed by atoms with Crippen LogP contribution in [0.25, 0.3) is 0 Å². The molecule has 45 heavy (non-hydrogen) atoms. The lowest BCUT2D eigenvalue weighted by atomic mass is 10.1. The van der Waals surface area contributed by atoms with Gasteiger partial charge in [0, 0.05) is 6.42 Å². The second-order valence-electron chi connectivity index (χ2n) is 12.3. The topological polar surface area (TPSA) is 69.6 Å². The fourth-order valence-corrected chi connectivity index (χ4v) is 5.01. The van der Waals surface area contributed by atoms with Gasteiger partial charge in [0.25, 0.3) is 0 Å². The minimum atomic E-state index is -0.885. The molecular formula is C41H71NO3. The summed E-state index contributed by atoms with van der Waals surface area (Å²) in [7, 11) is 0. The molecule has 0 radical (unpaired) electrons. The number of allylic oxidation sites excluding steroid dienone is 11. The normalized spacial score (nSPS) is 14.0. The molecule has 0 saturated heterocycles. The van der Waals surface area contributed by atoms with Crippen molar-refractivity contribution in [3.05, 3.63) is 72.9 Å². The Bertz CT molecular complexity index is 808. The maximum atomic E-state index is 12.3. The zero-order chi connectivity index (χ0) is 32.9. The van der Waals surface area contributed by atoms with E-state index in [1.54, 1.807) is 6.08 Å². The van der Waals surface area contributed by atoms with E-state index >= 15 is 0 Å². The van der Waals surface area contributed by atoms with Crippen LogP contribution in [0.4, 0.5) is 0 Å². The van der Waals surface area contributed by atoms with Crippen molar-refractivity contribution in [3.8, 4) is 0 Å². The molecule has 1 amide bonds. The molecule has 0 heterocycles. The monoisotopic (exact) mass is 626 g/mol. The SMILES string of the molecule is CCCCCCCC/C=C/CC/C=C/[C@@H](O)[C@H](CO)NC(=O)CCC/C=C/C/C=C/C/C=C/C/C=C/CCCCCCCCC. The summed E-state index contributed by atoms with van der Waals surface area (Å²) >= 11 is 0. The Morgan fingerprint density at radius 1 is 0.533 bits per heavy atom. The van der Waals surface area contributed by atoms with Gasteiger partial charge >= 0.3 is 0 Å². The van der Waals surface area contributed by atoms with E-state index in [-0.39, 0.29) is 12.5 Å². The van der Waals surface area contributed by atoms with Crippen molar-refractivity contribution in [2.75, 3.05) is 6.61 Å². The van der Waals surface area contributed by atoms with Gasteiger partial charge in [-0.2, -0.15) is 0 Å². The molecule has 4 nitrogen and oxygen atoms in total. The highest BCUT2D eigenvalue weighted by molar-refractivity contribution is 5.76. The van der Waals surface area contributed by atoms with Gasteiger partial charge in [-0.3, -0.25) is 4.79 Å². The Morgan fingerprint density at radius 2 is 0.933 bits per heavy atom. The van der Waals surface area contributed by atoms with Crippen LogP contribution in [-0.2, 0) is 4.79 Å². The van der Waals surface area contributed by atoms with Gasteiger partial charge in [-0.25, -0.2) is 0 Å². The van der Waals surface area contributed by atoms with E-state index in [2.05, 4.69) is 79.9 Å². The van der Waals surface area contributed by atoms with E-state index in [0.717, 1.165) is 51.4 Å². The van der Waals surface area contributed by atoms with E-state index in [1.807, 2.05) is 6.08 Å². The smallest absolute Gasteiger partial charge is 0.220 e. The first kappa shape index (κ1) is 42.8. The molecule has 0 unspecified atom stereocenters. The average molecular weight is 626 g/mol. The maximum absolute atomic E-state index is 12.3. The molecule has 0 bridgehead atoms. The molecule has 0 aromatic carbocycles. The highest BCUT2D eigenvalue weighted by atomic mass is 16.3. The van der Waals surface area contributed by atoms with E-state index in [1.165, 1.54) is 89.9 Å². The van der Waals surface area contributed by atoms with Crippen molar-refractivity contribution >= 4 is 5.91 Å². The highest BCUT2D eigenvalue weighted by Gasteiger charge is 2.17. The molecule has 0 aromatic rings. The number of hydrogen-bond donors (Lipinski definition) is 3. The van der Waals surface area contributed by atoms with Gasteiger partial charge in [-0.15, -0.1) is 0 Å². The second kappa shape index (κ2) is 36.3. The van der Waals surface area contributed by atoms with Crippen LogP contribution in [0.3, 0.4) is 0 Å². The summed E-state index contributed by atoms with van der Waals surface area (Å²) in [5, 5.41) is 22.8. The Morgan fingerprint density at radius 3 is 1.44 bits per heavy atom. The number of rotatable bonds is 32. The van der Waals surface area contributed by atoms with Crippen molar-refractivity contribution in [2.24, 2.45) is 0 Å². The number of amides is 1. The third-order valence-corrected chi connectivity index (χ3v) is 7.91. The summed E-state index contributed by atoms with van der Waals surface area (Å²) in [5.74, 6) is -0.133. The van der Waals surface area contributed by atoms with Gasteiger partial charge in [0.15, 0.2) is 0 Å². The lowest BCUT2D eigenvalue weighted by molar-refractivity contribution is -0.122. The number of hydrogen-bond acceptors (Lipinski definition) is 3. The van der Waals surface area contributed by atoms with Crippen molar-refractivity contribution in [1.29, 1.82) is 0 Å². The van der Waals surface area contributed by atoms with Crippen LogP contribution in [0.15, 0.2) is 72.9 Å². The molecule has 3 N–H and O–H groups in total. The molecular weight excluding hydrogens is 554 g/mol. The minimum Gasteiger partial charge on any atom is -0.394 e. The third kappa shape index (κ3) is 33.0. The Balaban J connectivity index is 3.81. The molecule has 2 atom stereocenters. The van der Waals surface area contributed by atoms with E-state index < -0.39 is 12.1 Å². The standard InChI is InChI=1S/C41H71NO3/c1-3-5-7-9-11-13-15-17-18-19-20-21-22-23-24-25-27-29-31-33-35-37-41(45)42-39(38-43)40(44)36-34-32-30-28-26-16-14-12-10-8-6-4-2/h18-19,21-22,24-26,28-29,31,34,36,39-40,43-44H,3-17,20,23,27,30,32-33,35,37-38H2,1-2H3,(H,42,45)/b19-18+,22-21+,25-24+,28-26+,31-29+,36-34+/t39-,40+/m0/s1. The summed E-state index contributed by atoms with van der Waals surface area (Å²) in [5.41, 5.74) is 0. The molecule has 0 fully saturated rings. The van der Waals surface area contributed by atoms with Crippen molar-refractivity contribution in [1.82, 2.24) is 5.32 Å². The zero-order valence-corrected chi connectivity index (χ0v) is 29.4. The lowest BCUT2D eigenvalue weighted by Crippen LogP contribution is -2.45. The third-order valence-electron chi connectivity index (χ3n) is 7.91. The summed E-state index contributed by atoms with van der Waals surface area (Å²) in [6.07, 6.45) is 51.4. The van der Waals surface area contributed by atoms with E-state index in [4.69, 9.17) is 0 Å². The zero-order valence-electron chi connectivity index (χ0n) is 29.4. The molecule has 0 aromatic heterocycles. The number of carbonyl (C=O) groups is 1. The quantitative estimate of drug-likeness (QED) is 0.0514. The number of unbranched alkanes of at least 4 members (excludes halogenated alkanes) is 15. The van der Waals surface area contributed by atoms with Crippen LogP contribution in [-0.4, -0.2) is 34.9 Å². The highest BCUT2D eigenvalue weighted by Crippen LogP contribution is 2.10. The van der Waals surface area contributed by atoms with Gasteiger partial charge in [0.1, 0.15) is 0 Å². The van der Waals surface area contributed by atoms with Crippen LogP contribution < -0.4 is 5.32 Å². The Labute approximate surface area is 278 Å². The Kier molecular flexibility index (Phi) is 34.5. The number of carbonyl (C=O) groups excluding carboxylic acids is 1. The van der Waals surface area contributed by atoms with Crippen molar-refractivity contribution in [2.45, 2.75) is 174 Å². The Hall–Kier alpha value is -2.17. The van der Waals surface area contributed by atoms with Crippen LogP contribution in [0, 0.1) is 0 Å². The minimum absolute atomic E-state index is 0.133. The average Bonchev–Trinajstić information content (AvgIpc) is 3.04. The van der Waals surface area contributed by atoms with Gasteiger partial charge < -0.3 is 15.5 Å². The lowest BCUT2D eigenvalue weighted by Gasteiger charge is -2.19. The van der Waals surface area contributed by atoms with Crippen molar-refractivity contribution in [3.63, 3.8) is 0 Å². The van der Waals surface area contributed by atoms with E-state index in [9.17, 15) is 15.0 Å². The van der Waals surface area contributed by atoms with Gasteiger partial charge in [0.05, 0.1) is 18.8 Å². The van der Waals surface area contributed by atoms with E-state index in [0.29, 0.717) is 6.42 Å². The molecule has 0 aliphatic heterocycles. The number of nitrogens with one attached hydrogen (secondary N) is 1. The maximum Gasteiger partial charge on any atom is 0.220 e. The molecule has 0 saturated carbocycles. The van der Waals surface area contributed by atoms with Crippen LogP contribution >= 0.6 is 0 Å². The molecule has 0 spiro atoms. The predicted octanol–water partition coefficient (Wildman–Crippen LogP) is 11.2. The first-order valence-electron chi connectivity index (χ1n) is 18.7. The number of aliphatic hydroxyl groups is 2. The second-order valence-corrected chi connectivity index (χ2v) is 12.3. The summed E-state index contributed by atoms with van der Waals surface area (Å²) < 4.78 is 0.